The van der Waals surface area contributed by atoms with Crippen LogP contribution in [0.5, 0.6) is 0 Å². The molecule has 0 spiro atoms. The number of benzene rings is 2. The Bertz CT molecular complexity index is 1170. The van der Waals surface area contributed by atoms with Crippen LogP contribution in [0.25, 0.3) is 21.9 Å². The van der Waals surface area contributed by atoms with Gasteiger partial charge in [-0.3, -0.25) is 0 Å². The Morgan fingerprint density at radius 2 is 1.81 bits per heavy atom. The summed E-state index contributed by atoms with van der Waals surface area (Å²) in [7, 11) is -3.74. The molecular weight excluding hydrogens is 368 g/mol. The van der Waals surface area contributed by atoms with Crippen LogP contribution in [0.2, 0.25) is 0 Å². The number of rotatable bonds is 6. The summed E-state index contributed by atoms with van der Waals surface area (Å²) in [5.41, 5.74) is -0.0269. The van der Waals surface area contributed by atoms with E-state index in [-0.39, 0.29) is 12.3 Å². The van der Waals surface area contributed by atoms with Gasteiger partial charge >= 0.3 is 0 Å². The molecule has 0 aliphatic carbocycles. The van der Waals surface area contributed by atoms with E-state index in [2.05, 4.69) is 9.88 Å². The predicted octanol–water partition coefficient (Wildman–Crippen LogP) is 2.90. The molecule has 0 amide bonds. The molecule has 0 saturated carbocycles. The van der Waals surface area contributed by atoms with Crippen molar-refractivity contribution in [2.24, 2.45) is 0 Å². The second-order valence-electron chi connectivity index (χ2n) is 6.63. The van der Waals surface area contributed by atoms with Gasteiger partial charge in [-0.1, -0.05) is 35.5 Å². The number of aromatic nitrogens is 1. The first-order valence-electron chi connectivity index (χ1n) is 8.36. The molecule has 2 aromatic heterocycles. The minimum atomic E-state index is -3.74. The van der Waals surface area contributed by atoms with Crippen LogP contribution in [0.4, 0.5) is 0 Å². The van der Waals surface area contributed by atoms with Crippen molar-refractivity contribution in [3.63, 3.8) is 0 Å². The summed E-state index contributed by atoms with van der Waals surface area (Å²) in [6, 6.07) is 16.1. The van der Waals surface area contributed by atoms with Gasteiger partial charge < -0.3 is 14.0 Å². The third-order valence-electron chi connectivity index (χ3n) is 4.37. The van der Waals surface area contributed by atoms with E-state index in [1.165, 1.54) is 6.92 Å². The smallest absolute Gasteiger partial charge is 0.217 e. The maximum Gasteiger partial charge on any atom is 0.217 e. The van der Waals surface area contributed by atoms with Crippen molar-refractivity contribution in [1.29, 1.82) is 0 Å². The number of sulfonamides is 1. The molecule has 0 aliphatic rings. The summed E-state index contributed by atoms with van der Waals surface area (Å²) in [6.07, 6.45) is 0. The van der Waals surface area contributed by atoms with Gasteiger partial charge in [0.05, 0.1) is 0 Å². The third kappa shape index (κ3) is 3.59. The number of fused-ring (bicyclic) bond motifs is 2. The number of furan rings is 1. The zero-order chi connectivity index (χ0) is 19.1. The van der Waals surface area contributed by atoms with Crippen LogP contribution in [0.15, 0.2) is 63.5 Å². The normalized spacial score (nSPS) is 14.6. The fraction of sp³-hybridized carbons (Fsp3) is 0.211. The number of nitrogens with zero attached hydrogens (tertiary/aromatic N) is 1. The highest BCUT2D eigenvalue weighted by atomic mass is 32.2. The predicted molar refractivity (Wildman–Crippen MR) is 100 cm³/mol. The van der Waals surface area contributed by atoms with E-state index < -0.39 is 15.6 Å². The fourth-order valence-corrected chi connectivity index (χ4v) is 4.03. The molecule has 0 aliphatic heterocycles. The largest absolute Gasteiger partial charge is 0.458 e. The molecule has 2 aromatic carbocycles. The molecule has 4 aromatic rings. The molecule has 4 rings (SSSR count). The Morgan fingerprint density at radius 3 is 2.59 bits per heavy atom. The lowest BCUT2D eigenvalue weighted by Gasteiger charge is -2.21. The van der Waals surface area contributed by atoms with E-state index in [1.54, 1.807) is 36.4 Å². The van der Waals surface area contributed by atoms with Crippen molar-refractivity contribution in [2.75, 3.05) is 6.54 Å². The molecule has 0 saturated heterocycles. The Balaban J connectivity index is 1.50. The van der Waals surface area contributed by atoms with Crippen molar-refractivity contribution in [3.05, 3.63) is 66.1 Å². The van der Waals surface area contributed by atoms with Gasteiger partial charge in [-0.2, -0.15) is 0 Å². The summed E-state index contributed by atoms with van der Waals surface area (Å²) in [4.78, 5) is 0. The van der Waals surface area contributed by atoms with Crippen LogP contribution in [0, 0.1) is 0 Å². The zero-order valence-corrected chi connectivity index (χ0v) is 15.4. The van der Waals surface area contributed by atoms with Gasteiger partial charge in [0.2, 0.25) is 10.0 Å². The summed E-state index contributed by atoms with van der Waals surface area (Å²) in [5, 5.41) is 16.0. The van der Waals surface area contributed by atoms with Crippen molar-refractivity contribution >= 4 is 32.0 Å². The van der Waals surface area contributed by atoms with Crippen LogP contribution >= 0.6 is 0 Å². The van der Waals surface area contributed by atoms with E-state index in [0.717, 1.165) is 5.39 Å². The van der Waals surface area contributed by atoms with Gasteiger partial charge in [-0.25, -0.2) is 13.1 Å². The van der Waals surface area contributed by atoms with Crippen LogP contribution < -0.4 is 4.72 Å². The van der Waals surface area contributed by atoms with Gasteiger partial charge in [0.25, 0.3) is 0 Å². The van der Waals surface area contributed by atoms with E-state index in [1.807, 2.05) is 18.2 Å². The first-order chi connectivity index (χ1) is 12.8. The lowest BCUT2D eigenvalue weighted by molar-refractivity contribution is 0.0411. The maximum atomic E-state index is 12.5. The average molecular weight is 386 g/mol. The summed E-state index contributed by atoms with van der Waals surface area (Å²) in [5.74, 6) is -0.0569. The van der Waals surface area contributed by atoms with Crippen LogP contribution in [0.1, 0.15) is 18.4 Å². The molecule has 8 heteroatoms. The maximum absolute atomic E-state index is 12.5. The lowest BCUT2D eigenvalue weighted by atomic mass is 10.0. The highest BCUT2D eigenvalue weighted by Gasteiger charge is 2.30. The van der Waals surface area contributed by atoms with Gasteiger partial charge in [0, 0.05) is 17.3 Å². The standard InChI is InChI=1S/C19H18N2O5S/c1-19(22,18-10-13-6-2-4-8-16(13)25-18)12-20-27(23,24)11-15-14-7-3-5-9-17(14)26-21-15/h2-10,20,22H,11-12H2,1H3/t19-/m0/s1. The highest BCUT2D eigenvalue weighted by Crippen LogP contribution is 2.28. The number of hydrogen-bond acceptors (Lipinski definition) is 6. The van der Waals surface area contributed by atoms with Crippen LogP contribution in [0.3, 0.4) is 0 Å². The fourth-order valence-electron chi connectivity index (χ4n) is 2.86. The second kappa shape index (κ2) is 6.49. The zero-order valence-electron chi connectivity index (χ0n) is 14.5. The second-order valence-corrected chi connectivity index (χ2v) is 8.43. The minimum absolute atomic E-state index is 0.231. The molecule has 2 N–H and O–H groups in total. The SMILES string of the molecule is C[C@](O)(CNS(=O)(=O)Cc1noc2ccccc12)c1cc2ccccc2o1. The van der Waals surface area contributed by atoms with Crippen molar-refractivity contribution in [2.45, 2.75) is 18.3 Å². The third-order valence-corrected chi connectivity index (χ3v) is 5.61. The molecule has 27 heavy (non-hydrogen) atoms. The Hall–Kier alpha value is -2.68. The van der Waals surface area contributed by atoms with E-state index in [0.29, 0.717) is 28.0 Å². The van der Waals surface area contributed by atoms with Crippen molar-refractivity contribution in [3.8, 4) is 0 Å². The molecule has 7 nitrogen and oxygen atoms in total. The molecule has 0 bridgehead atoms. The Kier molecular flexibility index (Phi) is 4.26. The number of nitrogens with one attached hydrogen (secondary N) is 1. The Labute approximate surface area is 155 Å². The summed E-state index contributed by atoms with van der Waals surface area (Å²) in [6.45, 7) is 1.27. The van der Waals surface area contributed by atoms with Crippen molar-refractivity contribution < 1.29 is 22.5 Å². The number of aliphatic hydroxyl groups is 1. The van der Waals surface area contributed by atoms with E-state index in [4.69, 9.17) is 8.94 Å². The number of para-hydroxylation sites is 2. The molecule has 0 unspecified atom stereocenters. The van der Waals surface area contributed by atoms with E-state index >= 15 is 0 Å². The molecule has 140 valence electrons. The molecule has 2 heterocycles. The molecular formula is C19H18N2O5S. The minimum Gasteiger partial charge on any atom is -0.458 e. The first kappa shape index (κ1) is 17.7. The molecule has 0 radical (unpaired) electrons. The van der Waals surface area contributed by atoms with Crippen LogP contribution in [-0.2, 0) is 21.4 Å². The van der Waals surface area contributed by atoms with E-state index in [9.17, 15) is 13.5 Å². The summed E-state index contributed by atoms with van der Waals surface area (Å²) >= 11 is 0. The van der Waals surface area contributed by atoms with Gasteiger partial charge in [-0.15, -0.1) is 0 Å². The monoisotopic (exact) mass is 386 g/mol. The lowest BCUT2D eigenvalue weighted by Crippen LogP contribution is -2.38. The van der Waals surface area contributed by atoms with Gasteiger partial charge in [0.1, 0.15) is 28.4 Å². The molecule has 1 atom stereocenters. The van der Waals surface area contributed by atoms with Crippen LogP contribution in [-0.4, -0.2) is 25.2 Å². The van der Waals surface area contributed by atoms with Gasteiger partial charge in [0.15, 0.2) is 5.58 Å². The van der Waals surface area contributed by atoms with Gasteiger partial charge in [-0.05, 0) is 31.2 Å². The highest BCUT2D eigenvalue weighted by molar-refractivity contribution is 7.88. The number of hydrogen-bond donors (Lipinski definition) is 2. The Morgan fingerprint density at radius 1 is 1.11 bits per heavy atom. The first-order valence-corrected chi connectivity index (χ1v) is 10.0. The van der Waals surface area contributed by atoms with Crippen molar-refractivity contribution in [1.82, 2.24) is 9.88 Å². The quantitative estimate of drug-likeness (QED) is 0.528. The summed E-state index contributed by atoms with van der Waals surface area (Å²) < 4.78 is 38.1. The molecule has 0 fully saturated rings. The average Bonchev–Trinajstić information content (AvgIpc) is 3.25. The topological polar surface area (TPSA) is 106 Å².